The number of carbonyl (C=O) groups is 1. The van der Waals surface area contributed by atoms with Crippen LogP contribution in [0.5, 0.6) is 5.75 Å². The highest BCUT2D eigenvalue weighted by Crippen LogP contribution is 2.22. The largest absolute Gasteiger partial charge is 0.497 e. The van der Waals surface area contributed by atoms with E-state index >= 15 is 0 Å². The number of nitrogens with one attached hydrogen (secondary N) is 2. The minimum absolute atomic E-state index is 0.00389. The summed E-state index contributed by atoms with van der Waals surface area (Å²) in [6, 6.07) is 15.6. The standard InChI is InChI=1S/C23H24N4O3/c1-15(16-9-10-20-17(13-16)11-12-24-20)25-21(28)7-4-8-22-26-23(27-30-22)18-5-3-6-19(14-18)29-2/h3,5-6,9-15,24H,4,7-8H2,1-2H3,(H,25,28)/t15-/m1/s1. The smallest absolute Gasteiger partial charge is 0.226 e. The minimum atomic E-state index is -0.0557. The van der Waals surface area contributed by atoms with E-state index in [1.54, 1.807) is 7.11 Å². The summed E-state index contributed by atoms with van der Waals surface area (Å²) in [5.41, 5.74) is 3.00. The van der Waals surface area contributed by atoms with Crippen molar-refractivity contribution in [1.82, 2.24) is 20.4 Å². The molecule has 1 amide bonds. The molecule has 2 N–H and O–H groups in total. The molecule has 7 nitrogen and oxygen atoms in total. The fourth-order valence-corrected chi connectivity index (χ4v) is 3.37. The van der Waals surface area contributed by atoms with Crippen LogP contribution in [0, 0.1) is 0 Å². The molecule has 4 aromatic rings. The number of nitrogens with zero attached hydrogens (tertiary/aromatic N) is 2. The highest BCUT2D eigenvalue weighted by molar-refractivity contribution is 5.80. The quantitative estimate of drug-likeness (QED) is 0.453. The van der Waals surface area contributed by atoms with Crippen LogP contribution in [0.3, 0.4) is 0 Å². The number of methoxy groups -OCH3 is 1. The Hall–Kier alpha value is -3.61. The lowest BCUT2D eigenvalue weighted by Crippen LogP contribution is -2.26. The van der Waals surface area contributed by atoms with Crippen molar-refractivity contribution in [3.05, 3.63) is 66.2 Å². The second-order valence-corrected chi connectivity index (χ2v) is 7.21. The predicted molar refractivity (Wildman–Crippen MR) is 114 cm³/mol. The molecule has 0 unspecified atom stereocenters. The summed E-state index contributed by atoms with van der Waals surface area (Å²) >= 11 is 0. The van der Waals surface area contributed by atoms with Crippen molar-refractivity contribution in [2.45, 2.75) is 32.2 Å². The van der Waals surface area contributed by atoms with Crippen LogP contribution in [-0.2, 0) is 11.2 Å². The Balaban J connectivity index is 1.27. The van der Waals surface area contributed by atoms with Gasteiger partial charge in [-0.15, -0.1) is 0 Å². The van der Waals surface area contributed by atoms with Crippen LogP contribution in [0.25, 0.3) is 22.3 Å². The van der Waals surface area contributed by atoms with Crippen molar-refractivity contribution in [2.75, 3.05) is 7.11 Å². The number of benzene rings is 2. The number of hydrogen-bond donors (Lipinski definition) is 2. The maximum Gasteiger partial charge on any atom is 0.226 e. The van der Waals surface area contributed by atoms with E-state index in [1.165, 1.54) is 0 Å². The van der Waals surface area contributed by atoms with Gasteiger partial charge in [0.25, 0.3) is 0 Å². The average molecular weight is 404 g/mol. The zero-order chi connectivity index (χ0) is 20.9. The van der Waals surface area contributed by atoms with E-state index in [1.807, 2.05) is 55.6 Å². The molecule has 0 aliphatic heterocycles. The molecule has 0 bridgehead atoms. The first-order valence-corrected chi connectivity index (χ1v) is 9.96. The molecule has 154 valence electrons. The summed E-state index contributed by atoms with van der Waals surface area (Å²) in [7, 11) is 1.62. The molecular weight excluding hydrogens is 380 g/mol. The summed E-state index contributed by atoms with van der Waals surface area (Å²) in [6.45, 7) is 1.99. The van der Waals surface area contributed by atoms with Crippen LogP contribution in [0.15, 0.2) is 59.3 Å². The van der Waals surface area contributed by atoms with Gasteiger partial charge in [-0.1, -0.05) is 23.4 Å². The van der Waals surface area contributed by atoms with Gasteiger partial charge in [0.1, 0.15) is 5.75 Å². The maximum atomic E-state index is 12.3. The van der Waals surface area contributed by atoms with Gasteiger partial charge in [-0.2, -0.15) is 4.98 Å². The number of hydrogen-bond acceptors (Lipinski definition) is 5. The van der Waals surface area contributed by atoms with Gasteiger partial charge in [0, 0.05) is 30.1 Å². The minimum Gasteiger partial charge on any atom is -0.497 e. The molecule has 2 aromatic heterocycles. The predicted octanol–water partition coefficient (Wildman–Crippen LogP) is 4.43. The van der Waals surface area contributed by atoms with Crippen LogP contribution in [0.4, 0.5) is 0 Å². The summed E-state index contributed by atoms with van der Waals surface area (Å²) < 4.78 is 10.5. The monoisotopic (exact) mass is 404 g/mol. The summed E-state index contributed by atoms with van der Waals surface area (Å²) in [5, 5.41) is 8.21. The fourth-order valence-electron chi connectivity index (χ4n) is 3.37. The molecule has 0 aliphatic carbocycles. The number of aryl methyl sites for hydroxylation is 1. The van der Waals surface area contributed by atoms with Gasteiger partial charge in [-0.25, -0.2) is 0 Å². The SMILES string of the molecule is COc1cccc(-c2noc(CCCC(=O)N[C@H](C)c3ccc4[nH]ccc4c3)n2)c1. The number of aromatic amines is 1. The molecular formula is C23H24N4O3. The maximum absolute atomic E-state index is 12.3. The molecule has 0 spiro atoms. The topological polar surface area (TPSA) is 93.0 Å². The van der Waals surface area contributed by atoms with Crippen LogP contribution in [0.2, 0.25) is 0 Å². The Labute approximate surface area is 174 Å². The number of fused-ring (bicyclic) bond motifs is 1. The second kappa shape index (κ2) is 8.82. The third-order valence-electron chi connectivity index (χ3n) is 5.05. The summed E-state index contributed by atoms with van der Waals surface area (Å²) in [5.74, 6) is 1.78. The van der Waals surface area contributed by atoms with Crippen molar-refractivity contribution in [1.29, 1.82) is 0 Å². The van der Waals surface area contributed by atoms with Gasteiger partial charge in [-0.05, 0) is 54.6 Å². The number of ether oxygens (including phenoxy) is 1. The first kappa shape index (κ1) is 19.7. The van der Waals surface area contributed by atoms with E-state index in [2.05, 4.69) is 26.5 Å². The molecule has 0 saturated carbocycles. The van der Waals surface area contributed by atoms with Gasteiger partial charge in [0.05, 0.1) is 13.2 Å². The van der Waals surface area contributed by atoms with Gasteiger partial charge in [0.2, 0.25) is 17.6 Å². The molecule has 7 heteroatoms. The molecule has 2 heterocycles. The zero-order valence-electron chi connectivity index (χ0n) is 17.0. The Kier molecular flexibility index (Phi) is 5.79. The van der Waals surface area contributed by atoms with E-state index in [9.17, 15) is 4.79 Å². The Bertz CT molecular complexity index is 1150. The fraction of sp³-hybridized carbons (Fsp3) is 0.261. The molecule has 1 atom stereocenters. The lowest BCUT2D eigenvalue weighted by molar-refractivity contribution is -0.121. The summed E-state index contributed by atoms with van der Waals surface area (Å²) in [6.07, 6.45) is 3.49. The highest BCUT2D eigenvalue weighted by atomic mass is 16.5. The first-order chi connectivity index (χ1) is 14.6. The van der Waals surface area contributed by atoms with Gasteiger partial charge >= 0.3 is 0 Å². The van der Waals surface area contributed by atoms with Crippen LogP contribution >= 0.6 is 0 Å². The zero-order valence-corrected chi connectivity index (χ0v) is 17.0. The van der Waals surface area contributed by atoms with Crippen LogP contribution in [-0.4, -0.2) is 28.1 Å². The van der Waals surface area contributed by atoms with E-state index in [-0.39, 0.29) is 11.9 Å². The molecule has 2 aromatic carbocycles. The van der Waals surface area contributed by atoms with Crippen LogP contribution < -0.4 is 10.1 Å². The normalized spacial score (nSPS) is 12.1. The van der Waals surface area contributed by atoms with Gasteiger partial charge < -0.3 is 19.6 Å². The van der Waals surface area contributed by atoms with Crippen LogP contribution in [0.1, 0.15) is 37.3 Å². The number of carbonyl (C=O) groups excluding carboxylic acids is 1. The lowest BCUT2D eigenvalue weighted by atomic mass is 10.1. The highest BCUT2D eigenvalue weighted by Gasteiger charge is 2.13. The van der Waals surface area contributed by atoms with Crippen molar-refractivity contribution >= 4 is 16.8 Å². The third kappa shape index (κ3) is 4.51. The van der Waals surface area contributed by atoms with Crippen molar-refractivity contribution < 1.29 is 14.1 Å². The Morgan fingerprint density at radius 3 is 3.00 bits per heavy atom. The number of aromatic nitrogens is 3. The van der Waals surface area contributed by atoms with E-state index < -0.39 is 0 Å². The van der Waals surface area contributed by atoms with Crippen molar-refractivity contribution in [3.63, 3.8) is 0 Å². The van der Waals surface area contributed by atoms with E-state index in [0.717, 1.165) is 27.8 Å². The number of amides is 1. The molecule has 30 heavy (non-hydrogen) atoms. The molecule has 4 rings (SSSR count). The first-order valence-electron chi connectivity index (χ1n) is 9.96. The van der Waals surface area contributed by atoms with E-state index in [4.69, 9.17) is 9.26 Å². The number of H-pyrrole nitrogens is 1. The lowest BCUT2D eigenvalue weighted by Gasteiger charge is -2.14. The average Bonchev–Trinajstić information content (AvgIpc) is 3.42. The Morgan fingerprint density at radius 2 is 2.13 bits per heavy atom. The third-order valence-corrected chi connectivity index (χ3v) is 5.05. The van der Waals surface area contributed by atoms with Gasteiger partial charge in [0.15, 0.2) is 0 Å². The molecule has 0 radical (unpaired) electrons. The second-order valence-electron chi connectivity index (χ2n) is 7.21. The van der Waals surface area contributed by atoms with Crippen molar-refractivity contribution in [3.8, 4) is 17.1 Å². The summed E-state index contributed by atoms with van der Waals surface area (Å²) in [4.78, 5) is 19.9. The molecule has 0 fully saturated rings. The Morgan fingerprint density at radius 1 is 1.23 bits per heavy atom. The number of rotatable bonds is 8. The van der Waals surface area contributed by atoms with Crippen molar-refractivity contribution in [2.24, 2.45) is 0 Å². The molecule has 0 saturated heterocycles. The van der Waals surface area contributed by atoms with E-state index in [0.29, 0.717) is 31.0 Å². The molecule has 0 aliphatic rings. The van der Waals surface area contributed by atoms with Gasteiger partial charge in [-0.3, -0.25) is 4.79 Å².